The first-order valence-electron chi connectivity index (χ1n) is 11.3. The van der Waals surface area contributed by atoms with E-state index in [4.69, 9.17) is 15.8 Å². The van der Waals surface area contributed by atoms with Gasteiger partial charge in [0.25, 0.3) is 5.56 Å². The van der Waals surface area contributed by atoms with Gasteiger partial charge in [-0.25, -0.2) is 24.0 Å². The number of hydrogen-bond donors (Lipinski definition) is 2. The van der Waals surface area contributed by atoms with Crippen LogP contribution in [0.5, 0.6) is 5.75 Å². The number of para-hydroxylation sites is 1. The SMILES string of the molecule is Cc1ccccc1-n1c(Cn2nc(-c3ccc(F)c(O)c3)c3c(N)ncnc32)nc2scc(C)c2c1=O. The third-order valence-corrected chi connectivity index (χ3v) is 7.28. The zero-order chi connectivity index (χ0) is 25.8. The highest BCUT2D eigenvalue weighted by atomic mass is 32.1. The van der Waals surface area contributed by atoms with Gasteiger partial charge in [0, 0.05) is 5.56 Å². The first-order chi connectivity index (χ1) is 17.8. The molecule has 4 aromatic heterocycles. The van der Waals surface area contributed by atoms with E-state index < -0.39 is 11.6 Å². The Morgan fingerprint density at radius 2 is 1.89 bits per heavy atom. The van der Waals surface area contributed by atoms with Crippen LogP contribution < -0.4 is 11.3 Å². The number of nitrogen functional groups attached to an aromatic ring is 1. The lowest BCUT2D eigenvalue weighted by Crippen LogP contribution is -2.26. The number of anilines is 1. The fraction of sp³-hybridized carbons (Fsp3) is 0.115. The summed E-state index contributed by atoms with van der Waals surface area (Å²) < 4.78 is 16.9. The quantitative estimate of drug-likeness (QED) is 0.359. The van der Waals surface area contributed by atoms with Gasteiger partial charge < -0.3 is 10.8 Å². The van der Waals surface area contributed by atoms with Crippen LogP contribution in [0.15, 0.2) is 59.0 Å². The summed E-state index contributed by atoms with van der Waals surface area (Å²) in [5, 5.41) is 17.6. The van der Waals surface area contributed by atoms with Crippen LogP contribution >= 0.6 is 11.3 Å². The Kier molecular flexibility index (Phi) is 5.23. The van der Waals surface area contributed by atoms with E-state index >= 15 is 0 Å². The highest BCUT2D eigenvalue weighted by molar-refractivity contribution is 7.16. The summed E-state index contributed by atoms with van der Waals surface area (Å²) in [7, 11) is 0. The highest BCUT2D eigenvalue weighted by Gasteiger charge is 2.22. The van der Waals surface area contributed by atoms with Crippen LogP contribution in [-0.4, -0.2) is 34.4 Å². The summed E-state index contributed by atoms with van der Waals surface area (Å²) in [6, 6.07) is 11.5. The van der Waals surface area contributed by atoms with Gasteiger partial charge in [-0.1, -0.05) is 18.2 Å². The first-order valence-corrected chi connectivity index (χ1v) is 12.2. The molecule has 0 aliphatic heterocycles. The van der Waals surface area contributed by atoms with Crippen LogP contribution in [0.3, 0.4) is 0 Å². The molecule has 4 heterocycles. The maximum atomic E-state index is 13.8. The lowest BCUT2D eigenvalue weighted by Gasteiger charge is -2.15. The smallest absolute Gasteiger partial charge is 0.267 e. The van der Waals surface area contributed by atoms with Gasteiger partial charge >= 0.3 is 0 Å². The fourth-order valence-electron chi connectivity index (χ4n) is 4.47. The number of phenols is 1. The molecule has 0 amide bonds. The summed E-state index contributed by atoms with van der Waals surface area (Å²) in [6.07, 6.45) is 1.33. The number of nitrogens with zero attached hydrogens (tertiary/aromatic N) is 6. The zero-order valence-electron chi connectivity index (χ0n) is 19.8. The number of halogens is 1. The third-order valence-electron chi connectivity index (χ3n) is 6.29. The van der Waals surface area contributed by atoms with Gasteiger partial charge in [-0.15, -0.1) is 11.3 Å². The summed E-state index contributed by atoms with van der Waals surface area (Å²) in [6.45, 7) is 3.93. The highest BCUT2D eigenvalue weighted by Crippen LogP contribution is 2.33. The summed E-state index contributed by atoms with van der Waals surface area (Å²) in [4.78, 5) is 27.8. The minimum absolute atomic E-state index is 0.0938. The lowest BCUT2D eigenvalue weighted by molar-refractivity contribution is 0.432. The molecule has 184 valence electrons. The van der Waals surface area contributed by atoms with Crippen LogP contribution in [-0.2, 0) is 6.54 Å². The molecule has 0 saturated heterocycles. The van der Waals surface area contributed by atoms with Crippen LogP contribution in [0.1, 0.15) is 17.0 Å². The Labute approximate surface area is 213 Å². The minimum Gasteiger partial charge on any atom is -0.505 e. The maximum absolute atomic E-state index is 13.8. The van der Waals surface area contributed by atoms with Gasteiger partial charge in [0.1, 0.15) is 35.0 Å². The molecule has 6 rings (SSSR count). The molecule has 0 saturated carbocycles. The molecule has 0 spiro atoms. The number of nitrogens with two attached hydrogens (primary N) is 1. The normalized spacial score (nSPS) is 11.5. The number of aromatic hydroxyl groups is 1. The van der Waals surface area contributed by atoms with Gasteiger partial charge in [-0.2, -0.15) is 5.10 Å². The zero-order valence-corrected chi connectivity index (χ0v) is 20.6. The number of rotatable bonds is 4. The van der Waals surface area contributed by atoms with Crippen molar-refractivity contribution in [2.75, 3.05) is 5.73 Å². The van der Waals surface area contributed by atoms with Crippen molar-refractivity contribution in [1.29, 1.82) is 0 Å². The number of benzene rings is 2. The van der Waals surface area contributed by atoms with E-state index in [0.29, 0.717) is 38.3 Å². The monoisotopic (exact) mass is 513 g/mol. The van der Waals surface area contributed by atoms with Crippen LogP contribution in [0, 0.1) is 19.7 Å². The number of hydrogen-bond acceptors (Lipinski definition) is 8. The molecular weight excluding hydrogens is 493 g/mol. The first kappa shape index (κ1) is 22.8. The molecule has 0 radical (unpaired) electrons. The minimum atomic E-state index is -0.747. The molecular formula is C26H20FN7O2S. The van der Waals surface area contributed by atoms with Gasteiger partial charge in [-0.3, -0.25) is 9.36 Å². The molecule has 2 aromatic carbocycles. The molecule has 0 fully saturated rings. The second-order valence-corrected chi connectivity index (χ2v) is 9.54. The van der Waals surface area contributed by atoms with E-state index in [1.807, 2.05) is 43.5 Å². The predicted octanol–water partition coefficient (Wildman–Crippen LogP) is 4.35. The Bertz CT molecular complexity index is 1910. The molecule has 37 heavy (non-hydrogen) atoms. The number of fused-ring (bicyclic) bond motifs is 2. The standard InChI is InChI=1S/C26H20FN7O2S/c1-13-5-3-4-6-17(13)34-19(31-25-20(26(34)36)14(2)11-37-25)10-33-24-21(23(28)29-12-30-24)22(32-33)15-7-8-16(27)18(35)9-15/h3-9,11-12,35H,10H2,1-2H3,(H2,28,29,30). The van der Waals surface area contributed by atoms with Gasteiger partial charge in [-0.05, 0) is 54.6 Å². The lowest BCUT2D eigenvalue weighted by atomic mass is 10.1. The topological polar surface area (TPSA) is 125 Å². The average Bonchev–Trinajstić information content (AvgIpc) is 3.43. The van der Waals surface area contributed by atoms with Crippen molar-refractivity contribution >= 4 is 38.4 Å². The predicted molar refractivity (Wildman–Crippen MR) is 141 cm³/mol. The number of aromatic nitrogens is 6. The van der Waals surface area contributed by atoms with Crippen molar-refractivity contribution < 1.29 is 9.50 Å². The number of aryl methyl sites for hydroxylation is 2. The molecule has 0 aliphatic carbocycles. The van der Waals surface area contributed by atoms with Gasteiger partial charge in [0.15, 0.2) is 17.2 Å². The molecule has 3 N–H and O–H groups in total. The largest absolute Gasteiger partial charge is 0.505 e. The maximum Gasteiger partial charge on any atom is 0.267 e. The Morgan fingerprint density at radius 3 is 2.68 bits per heavy atom. The van der Waals surface area contributed by atoms with Crippen molar-refractivity contribution in [3.05, 3.63) is 87.3 Å². The molecule has 11 heteroatoms. The summed E-state index contributed by atoms with van der Waals surface area (Å²) in [5.74, 6) is -0.612. The second kappa shape index (κ2) is 8.49. The number of phenolic OH excluding ortho intramolecular Hbond substituents is 1. The molecule has 9 nitrogen and oxygen atoms in total. The average molecular weight is 514 g/mol. The fourth-order valence-corrected chi connectivity index (χ4v) is 5.41. The Balaban J connectivity index is 1.61. The van der Waals surface area contributed by atoms with Crippen LogP contribution in [0.2, 0.25) is 0 Å². The number of thiophene rings is 1. The molecule has 0 bridgehead atoms. The summed E-state index contributed by atoms with van der Waals surface area (Å²) >= 11 is 1.41. The van der Waals surface area contributed by atoms with Crippen LogP contribution in [0.25, 0.3) is 38.2 Å². The van der Waals surface area contributed by atoms with Crippen molar-refractivity contribution in [3.8, 4) is 22.7 Å². The van der Waals surface area contributed by atoms with Gasteiger partial charge in [0.2, 0.25) is 0 Å². The molecule has 0 atom stereocenters. The van der Waals surface area contributed by atoms with E-state index in [-0.39, 0.29) is 17.9 Å². The molecule has 6 aromatic rings. The summed E-state index contributed by atoms with van der Waals surface area (Å²) in [5.41, 5.74) is 9.78. The van der Waals surface area contributed by atoms with E-state index in [1.54, 1.807) is 9.25 Å². The Hall–Kier alpha value is -4.64. The van der Waals surface area contributed by atoms with Crippen molar-refractivity contribution in [1.82, 2.24) is 29.3 Å². The van der Waals surface area contributed by atoms with E-state index in [1.165, 1.54) is 29.8 Å². The second-order valence-electron chi connectivity index (χ2n) is 8.68. The molecule has 0 aliphatic rings. The van der Waals surface area contributed by atoms with Crippen molar-refractivity contribution in [2.24, 2.45) is 0 Å². The van der Waals surface area contributed by atoms with Crippen molar-refractivity contribution in [3.63, 3.8) is 0 Å². The van der Waals surface area contributed by atoms with E-state index in [0.717, 1.165) is 22.9 Å². The van der Waals surface area contributed by atoms with Crippen LogP contribution in [0.4, 0.5) is 10.2 Å². The van der Waals surface area contributed by atoms with E-state index in [2.05, 4.69) is 9.97 Å². The third kappa shape index (κ3) is 3.62. The van der Waals surface area contributed by atoms with Gasteiger partial charge in [0.05, 0.1) is 16.5 Å². The van der Waals surface area contributed by atoms with Crippen molar-refractivity contribution in [2.45, 2.75) is 20.4 Å². The Morgan fingerprint density at radius 1 is 1.08 bits per heavy atom. The van der Waals surface area contributed by atoms with E-state index in [9.17, 15) is 14.3 Å². The molecule has 0 unspecified atom stereocenters.